The van der Waals surface area contributed by atoms with Crippen LogP contribution in [0.2, 0.25) is 0 Å². The minimum atomic E-state index is 0.0764. The molecule has 0 aliphatic carbocycles. The maximum atomic E-state index is 12.6. The third kappa shape index (κ3) is 4.60. The topological polar surface area (TPSA) is 63.5 Å². The van der Waals surface area contributed by atoms with E-state index in [1.165, 1.54) is 5.56 Å². The van der Waals surface area contributed by atoms with Gasteiger partial charge in [-0.1, -0.05) is 0 Å². The molecule has 3 rings (SSSR count). The molecule has 26 heavy (non-hydrogen) atoms. The summed E-state index contributed by atoms with van der Waals surface area (Å²) in [5, 5.41) is 0. The number of ether oxygens (including phenoxy) is 1. The molecule has 0 N–H and O–H groups in total. The Morgan fingerprint density at radius 3 is 2.92 bits per heavy atom. The van der Waals surface area contributed by atoms with Crippen molar-refractivity contribution in [1.82, 2.24) is 19.4 Å². The van der Waals surface area contributed by atoms with Gasteiger partial charge in [0.05, 0.1) is 12.7 Å². The summed E-state index contributed by atoms with van der Waals surface area (Å²) in [7, 11) is 3.98. The first-order valence-electron chi connectivity index (χ1n) is 9.02. The van der Waals surface area contributed by atoms with Gasteiger partial charge < -0.3 is 19.1 Å². The Balaban J connectivity index is 1.53. The van der Waals surface area contributed by atoms with Crippen molar-refractivity contribution in [3.63, 3.8) is 0 Å². The lowest BCUT2D eigenvalue weighted by Crippen LogP contribution is -2.46. The molecule has 0 unspecified atom stereocenters. The second-order valence-electron chi connectivity index (χ2n) is 6.89. The van der Waals surface area contributed by atoms with Crippen molar-refractivity contribution in [3.05, 3.63) is 42.1 Å². The van der Waals surface area contributed by atoms with Crippen LogP contribution in [0.5, 0.6) is 0 Å². The van der Waals surface area contributed by atoms with Gasteiger partial charge in [-0.2, -0.15) is 0 Å². The van der Waals surface area contributed by atoms with E-state index in [9.17, 15) is 4.79 Å². The zero-order valence-electron chi connectivity index (χ0n) is 15.8. The molecule has 0 aromatic carbocycles. The summed E-state index contributed by atoms with van der Waals surface area (Å²) in [4.78, 5) is 25.0. The predicted octanol–water partition coefficient (Wildman–Crippen LogP) is 1.51. The van der Waals surface area contributed by atoms with Crippen LogP contribution < -0.4 is 4.90 Å². The fourth-order valence-corrected chi connectivity index (χ4v) is 3.13. The van der Waals surface area contributed by atoms with Crippen LogP contribution in [0.15, 0.2) is 30.7 Å². The van der Waals surface area contributed by atoms with Gasteiger partial charge in [-0.05, 0) is 37.5 Å². The van der Waals surface area contributed by atoms with Crippen LogP contribution in [0.1, 0.15) is 17.8 Å². The van der Waals surface area contributed by atoms with E-state index in [1.54, 1.807) is 6.20 Å². The van der Waals surface area contributed by atoms with E-state index in [-0.39, 0.29) is 12.0 Å². The first kappa shape index (κ1) is 18.4. The van der Waals surface area contributed by atoms with Crippen molar-refractivity contribution >= 4 is 11.7 Å². The molecule has 0 bridgehead atoms. The van der Waals surface area contributed by atoms with Crippen molar-refractivity contribution in [2.24, 2.45) is 0 Å². The first-order chi connectivity index (χ1) is 12.5. The Morgan fingerprint density at radius 1 is 1.35 bits per heavy atom. The van der Waals surface area contributed by atoms with Gasteiger partial charge in [0.1, 0.15) is 18.2 Å². The zero-order valence-corrected chi connectivity index (χ0v) is 15.8. The number of morpholine rings is 1. The van der Waals surface area contributed by atoms with Gasteiger partial charge in [0.2, 0.25) is 5.91 Å². The summed E-state index contributed by atoms with van der Waals surface area (Å²) in [6, 6.07) is 4.15. The highest BCUT2D eigenvalue weighted by molar-refractivity contribution is 5.76. The summed E-state index contributed by atoms with van der Waals surface area (Å²) >= 11 is 0. The first-order valence-corrected chi connectivity index (χ1v) is 9.02. The molecule has 1 fully saturated rings. The predicted molar refractivity (Wildman–Crippen MR) is 100 cm³/mol. The number of rotatable bonds is 6. The average molecular weight is 357 g/mol. The number of carbonyl (C=O) groups excluding carboxylic acids is 1. The highest BCUT2D eigenvalue weighted by atomic mass is 16.5. The Kier molecular flexibility index (Phi) is 5.88. The molecule has 140 valence electrons. The Labute approximate surface area is 154 Å². The van der Waals surface area contributed by atoms with Crippen LogP contribution in [-0.4, -0.2) is 65.2 Å². The third-order valence-corrected chi connectivity index (χ3v) is 4.74. The number of hydrogen-bond acceptors (Lipinski definition) is 5. The Hall–Kier alpha value is -2.41. The largest absolute Gasteiger partial charge is 0.375 e. The molecule has 0 spiro atoms. The number of carbonyl (C=O) groups is 1. The van der Waals surface area contributed by atoms with E-state index in [2.05, 4.69) is 16.0 Å². The van der Waals surface area contributed by atoms with Gasteiger partial charge in [0.15, 0.2) is 0 Å². The summed E-state index contributed by atoms with van der Waals surface area (Å²) in [6.45, 7) is 4.15. The molecular formula is C19H27N5O2. The van der Waals surface area contributed by atoms with E-state index in [1.807, 2.05) is 53.8 Å². The van der Waals surface area contributed by atoms with Crippen molar-refractivity contribution in [2.75, 3.05) is 38.7 Å². The quantitative estimate of drug-likeness (QED) is 0.784. The molecule has 1 saturated heterocycles. The van der Waals surface area contributed by atoms with Crippen LogP contribution >= 0.6 is 0 Å². The summed E-state index contributed by atoms with van der Waals surface area (Å²) < 4.78 is 7.76. The maximum Gasteiger partial charge on any atom is 0.242 e. The normalized spacial score (nSPS) is 17.3. The van der Waals surface area contributed by atoms with Crippen LogP contribution in [0.3, 0.4) is 0 Å². The molecule has 0 saturated carbocycles. The lowest BCUT2D eigenvalue weighted by atomic mass is 10.1. The number of aromatic nitrogens is 3. The molecule has 1 amide bonds. The summed E-state index contributed by atoms with van der Waals surface area (Å²) in [6.07, 6.45) is 7.29. The standard InChI is InChI=1S/C19H27N5O2/c1-15-20-8-9-23(15)14-19(25)24-10-11-26-17(13-24)5-4-16-6-7-21-18(12-16)22(2)3/h6-9,12,17H,4-5,10-11,13-14H2,1-3H3/t17-/m1/s1. The smallest absolute Gasteiger partial charge is 0.242 e. The number of imidazole rings is 1. The van der Waals surface area contributed by atoms with Crippen LogP contribution in [-0.2, 0) is 22.5 Å². The number of anilines is 1. The highest BCUT2D eigenvalue weighted by Gasteiger charge is 2.24. The SMILES string of the molecule is Cc1nccn1CC(=O)N1CCO[C@H](CCc2ccnc(N(C)C)c2)C1. The number of pyridine rings is 1. The van der Waals surface area contributed by atoms with Crippen molar-refractivity contribution in [1.29, 1.82) is 0 Å². The van der Waals surface area contributed by atoms with E-state index in [0.29, 0.717) is 26.2 Å². The minimum absolute atomic E-state index is 0.0764. The molecule has 2 aromatic rings. The van der Waals surface area contributed by atoms with E-state index < -0.39 is 0 Å². The maximum absolute atomic E-state index is 12.6. The fourth-order valence-electron chi connectivity index (χ4n) is 3.13. The van der Waals surface area contributed by atoms with Gasteiger partial charge in [0.25, 0.3) is 0 Å². The second kappa shape index (κ2) is 8.31. The molecular weight excluding hydrogens is 330 g/mol. The van der Waals surface area contributed by atoms with Gasteiger partial charge in [-0.3, -0.25) is 4.79 Å². The summed E-state index contributed by atoms with van der Waals surface area (Å²) in [5.41, 5.74) is 1.24. The number of amides is 1. The minimum Gasteiger partial charge on any atom is -0.375 e. The molecule has 7 heteroatoms. The summed E-state index contributed by atoms with van der Waals surface area (Å²) in [5.74, 6) is 1.94. The monoisotopic (exact) mass is 357 g/mol. The molecule has 1 aliphatic rings. The van der Waals surface area contributed by atoms with Crippen LogP contribution in [0.4, 0.5) is 5.82 Å². The lowest BCUT2D eigenvalue weighted by Gasteiger charge is -2.33. The Bertz CT molecular complexity index is 743. The average Bonchev–Trinajstić information content (AvgIpc) is 3.05. The van der Waals surface area contributed by atoms with E-state index in [4.69, 9.17) is 4.74 Å². The van der Waals surface area contributed by atoms with Gasteiger partial charge in [-0.25, -0.2) is 9.97 Å². The van der Waals surface area contributed by atoms with Crippen LogP contribution in [0, 0.1) is 6.92 Å². The zero-order chi connectivity index (χ0) is 18.5. The van der Waals surface area contributed by atoms with Gasteiger partial charge in [-0.15, -0.1) is 0 Å². The second-order valence-corrected chi connectivity index (χ2v) is 6.89. The molecule has 1 aliphatic heterocycles. The molecule has 3 heterocycles. The lowest BCUT2D eigenvalue weighted by molar-refractivity contribution is -0.139. The molecule has 2 aromatic heterocycles. The van der Waals surface area contributed by atoms with Crippen molar-refractivity contribution in [3.8, 4) is 0 Å². The molecule has 0 radical (unpaired) electrons. The number of aryl methyl sites for hydroxylation is 2. The van der Waals surface area contributed by atoms with Crippen molar-refractivity contribution < 1.29 is 9.53 Å². The highest BCUT2D eigenvalue weighted by Crippen LogP contribution is 2.16. The van der Waals surface area contributed by atoms with Gasteiger partial charge in [0, 0.05) is 45.8 Å². The van der Waals surface area contributed by atoms with Crippen LogP contribution in [0.25, 0.3) is 0 Å². The van der Waals surface area contributed by atoms with Crippen molar-refractivity contribution in [2.45, 2.75) is 32.4 Å². The Morgan fingerprint density at radius 2 is 2.19 bits per heavy atom. The molecule has 7 nitrogen and oxygen atoms in total. The van der Waals surface area contributed by atoms with E-state index >= 15 is 0 Å². The van der Waals surface area contributed by atoms with E-state index in [0.717, 1.165) is 24.5 Å². The number of hydrogen-bond donors (Lipinski definition) is 0. The van der Waals surface area contributed by atoms with Gasteiger partial charge >= 0.3 is 0 Å². The molecule has 1 atom stereocenters. The third-order valence-electron chi connectivity index (χ3n) is 4.74. The number of nitrogens with zero attached hydrogens (tertiary/aromatic N) is 5. The fraction of sp³-hybridized carbons (Fsp3) is 0.526.